The molecule has 0 aliphatic heterocycles. The summed E-state index contributed by atoms with van der Waals surface area (Å²) in [5.41, 5.74) is 4.27. The Bertz CT molecular complexity index is 1840. The van der Waals surface area contributed by atoms with Crippen molar-refractivity contribution in [3.05, 3.63) is 123 Å². The highest BCUT2D eigenvalue weighted by Gasteiger charge is 2.17. The molecule has 216 valence electrons. The monoisotopic (exact) mass is 631 g/mol. The van der Waals surface area contributed by atoms with E-state index in [0.717, 1.165) is 10.1 Å². The minimum atomic E-state index is -0.555. The third-order valence-electron chi connectivity index (χ3n) is 6.08. The van der Waals surface area contributed by atoms with Gasteiger partial charge in [0.25, 0.3) is 11.8 Å². The number of hydrogen-bond acceptors (Lipinski definition) is 7. The molecule has 2 N–H and O–H groups in total. The largest absolute Gasteiger partial charge is 0.490 e. The molecule has 8 nitrogen and oxygen atoms in total. The van der Waals surface area contributed by atoms with E-state index in [4.69, 9.17) is 32.7 Å². The minimum absolute atomic E-state index is 0.241. The fourth-order valence-corrected chi connectivity index (χ4v) is 5.52. The summed E-state index contributed by atoms with van der Waals surface area (Å²) >= 11 is 13.6. The number of carbonyl (C=O) groups is 3. The fourth-order valence-electron chi connectivity index (χ4n) is 3.99. The molecule has 43 heavy (non-hydrogen) atoms. The number of nitrogens with zero attached hydrogens (tertiary/aromatic N) is 1. The SMILES string of the molecule is CCOc1cc(/C=N\NC(=O)c2ccc(NC(=O)c3sc4ccccc4c3Cl)cc2)ccc1OC(=O)c1ccc(Cl)cc1. The number of fused-ring (bicyclic) bond motifs is 1. The van der Waals surface area contributed by atoms with Gasteiger partial charge in [0.2, 0.25) is 0 Å². The molecule has 0 fully saturated rings. The molecule has 0 aliphatic carbocycles. The van der Waals surface area contributed by atoms with Gasteiger partial charge in [0.15, 0.2) is 11.5 Å². The lowest BCUT2D eigenvalue weighted by Crippen LogP contribution is -2.17. The van der Waals surface area contributed by atoms with Crippen LogP contribution in [0.3, 0.4) is 0 Å². The molecule has 2 amide bonds. The third kappa shape index (κ3) is 7.21. The van der Waals surface area contributed by atoms with Crippen LogP contribution in [0.5, 0.6) is 11.5 Å². The predicted molar refractivity (Wildman–Crippen MR) is 170 cm³/mol. The van der Waals surface area contributed by atoms with E-state index in [1.807, 2.05) is 31.2 Å². The first-order valence-electron chi connectivity index (χ1n) is 13.0. The summed E-state index contributed by atoms with van der Waals surface area (Å²) in [6.45, 7) is 2.15. The van der Waals surface area contributed by atoms with Crippen LogP contribution in [0.4, 0.5) is 5.69 Å². The molecular weight excluding hydrogens is 609 g/mol. The molecule has 0 radical (unpaired) electrons. The van der Waals surface area contributed by atoms with Crippen LogP contribution in [0.1, 0.15) is 42.9 Å². The lowest BCUT2D eigenvalue weighted by Gasteiger charge is -2.11. The normalized spacial score (nSPS) is 11.0. The van der Waals surface area contributed by atoms with Gasteiger partial charge >= 0.3 is 5.97 Å². The molecule has 1 heterocycles. The van der Waals surface area contributed by atoms with E-state index in [1.165, 1.54) is 17.6 Å². The highest BCUT2D eigenvalue weighted by molar-refractivity contribution is 7.21. The Kier molecular flexibility index (Phi) is 9.36. The van der Waals surface area contributed by atoms with Crippen molar-refractivity contribution in [1.29, 1.82) is 0 Å². The van der Waals surface area contributed by atoms with Crippen LogP contribution in [0.15, 0.2) is 96.1 Å². The van der Waals surface area contributed by atoms with E-state index in [9.17, 15) is 14.4 Å². The first kappa shape index (κ1) is 29.8. The number of thiophene rings is 1. The minimum Gasteiger partial charge on any atom is -0.490 e. The molecule has 5 aromatic rings. The number of carbonyl (C=O) groups excluding carboxylic acids is 3. The highest BCUT2D eigenvalue weighted by Crippen LogP contribution is 2.35. The second-order valence-electron chi connectivity index (χ2n) is 9.01. The van der Waals surface area contributed by atoms with E-state index in [-0.39, 0.29) is 11.7 Å². The fraction of sp³-hybridized carbons (Fsp3) is 0.0625. The Morgan fingerprint density at radius 1 is 0.860 bits per heavy atom. The number of hydrazone groups is 1. The van der Waals surface area contributed by atoms with Crippen LogP contribution >= 0.6 is 34.5 Å². The number of hydrogen-bond donors (Lipinski definition) is 2. The van der Waals surface area contributed by atoms with Gasteiger partial charge in [0.1, 0.15) is 4.88 Å². The second-order valence-corrected chi connectivity index (χ2v) is 10.9. The Morgan fingerprint density at radius 3 is 2.30 bits per heavy atom. The molecular formula is C32H23Cl2N3O5S. The van der Waals surface area contributed by atoms with Gasteiger partial charge in [-0.25, -0.2) is 10.2 Å². The van der Waals surface area contributed by atoms with Crippen molar-refractivity contribution in [3.63, 3.8) is 0 Å². The maximum Gasteiger partial charge on any atom is 0.343 e. The molecule has 0 aliphatic rings. The van der Waals surface area contributed by atoms with Crippen LogP contribution in [0, 0.1) is 0 Å². The maximum absolute atomic E-state index is 12.8. The van der Waals surface area contributed by atoms with Crippen LogP contribution < -0.4 is 20.2 Å². The summed E-state index contributed by atoms with van der Waals surface area (Å²) in [4.78, 5) is 38.3. The van der Waals surface area contributed by atoms with Crippen molar-refractivity contribution in [2.45, 2.75) is 6.92 Å². The number of esters is 1. The third-order valence-corrected chi connectivity index (χ3v) is 8.00. The van der Waals surface area contributed by atoms with Gasteiger partial charge in [-0.1, -0.05) is 41.4 Å². The van der Waals surface area contributed by atoms with E-state index in [0.29, 0.717) is 49.7 Å². The zero-order chi connectivity index (χ0) is 30.3. The summed E-state index contributed by atoms with van der Waals surface area (Å²) in [5.74, 6) is -0.745. The van der Waals surface area contributed by atoms with Crippen molar-refractivity contribution < 1.29 is 23.9 Å². The standard InChI is InChI=1S/C32H23Cl2N3O5S/c1-2-41-26-17-19(7-16-25(26)42-32(40)21-8-12-22(33)13-9-21)18-35-37-30(38)20-10-14-23(15-11-20)36-31(39)29-28(34)24-5-3-4-6-27(24)43-29/h3-18H,2H2,1H3,(H,36,39)(H,37,38)/b35-18-. The van der Waals surface area contributed by atoms with Gasteiger partial charge in [-0.2, -0.15) is 5.10 Å². The van der Waals surface area contributed by atoms with Gasteiger partial charge < -0.3 is 14.8 Å². The summed E-state index contributed by atoms with van der Waals surface area (Å²) < 4.78 is 12.1. The molecule has 0 unspecified atom stereocenters. The van der Waals surface area contributed by atoms with E-state index >= 15 is 0 Å². The van der Waals surface area contributed by atoms with Crippen molar-refractivity contribution in [3.8, 4) is 11.5 Å². The number of rotatable bonds is 9. The summed E-state index contributed by atoms with van der Waals surface area (Å²) in [6, 6.07) is 25.2. The first-order chi connectivity index (χ1) is 20.8. The predicted octanol–water partition coefficient (Wildman–Crippen LogP) is 7.84. The quantitative estimate of drug-likeness (QED) is 0.0746. The topological polar surface area (TPSA) is 106 Å². The molecule has 0 spiro atoms. The van der Waals surface area contributed by atoms with Crippen molar-refractivity contribution >= 4 is 74.3 Å². The molecule has 0 saturated carbocycles. The van der Waals surface area contributed by atoms with E-state index in [1.54, 1.807) is 66.7 Å². The lowest BCUT2D eigenvalue weighted by molar-refractivity contribution is 0.0728. The van der Waals surface area contributed by atoms with Crippen molar-refractivity contribution in [1.82, 2.24) is 5.43 Å². The Balaban J connectivity index is 1.19. The van der Waals surface area contributed by atoms with Gasteiger partial charge in [-0.15, -0.1) is 11.3 Å². The zero-order valence-corrected chi connectivity index (χ0v) is 24.9. The van der Waals surface area contributed by atoms with Gasteiger partial charge in [0, 0.05) is 26.4 Å². The first-order valence-corrected chi connectivity index (χ1v) is 14.6. The number of benzene rings is 4. The summed E-state index contributed by atoms with van der Waals surface area (Å²) in [6.07, 6.45) is 1.44. The molecule has 11 heteroatoms. The average Bonchev–Trinajstić information content (AvgIpc) is 3.35. The van der Waals surface area contributed by atoms with Gasteiger partial charge in [-0.3, -0.25) is 9.59 Å². The van der Waals surface area contributed by atoms with E-state index < -0.39 is 11.9 Å². The average molecular weight is 633 g/mol. The van der Waals surface area contributed by atoms with E-state index in [2.05, 4.69) is 15.8 Å². The number of halogens is 2. The van der Waals surface area contributed by atoms with Crippen LogP contribution in [0.25, 0.3) is 10.1 Å². The number of anilines is 1. The van der Waals surface area contributed by atoms with Gasteiger partial charge in [-0.05, 0) is 85.3 Å². The summed E-state index contributed by atoms with van der Waals surface area (Å²) in [5, 5.41) is 8.59. The molecule has 5 rings (SSSR count). The maximum atomic E-state index is 12.8. The Morgan fingerprint density at radius 2 is 1.58 bits per heavy atom. The molecule has 1 aromatic heterocycles. The van der Waals surface area contributed by atoms with Crippen LogP contribution in [0.2, 0.25) is 10.0 Å². The number of ether oxygens (including phenoxy) is 2. The second kappa shape index (κ2) is 13.5. The van der Waals surface area contributed by atoms with Crippen molar-refractivity contribution in [2.24, 2.45) is 5.10 Å². The molecule has 0 bridgehead atoms. The molecule has 0 atom stereocenters. The van der Waals surface area contributed by atoms with Crippen molar-refractivity contribution in [2.75, 3.05) is 11.9 Å². The Hall–Kier alpha value is -4.70. The number of amides is 2. The van der Waals surface area contributed by atoms with Gasteiger partial charge in [0.05, 0.1) is 23.4 Å². The Labute approximate surface area is 260 Å². The smallest absolute Gasteiger partial charge is 0.343 e. The highest BCUT2D eigenvalue weighted by atomic mass is 35.5. The molecule has 0 saturated heterocycles. The zero-order valence-electron chi connectivity index (χ0n) is 22.6. The van der Waals surface area contributed by atoms with Crippen LogP contribution in [-0.2, 0) is 0 Å². The molecule has 4 aromatic carbocycles. The lowest BCUT2D eigenvalue weighted by atomic mass is 10.2. The van der Waals surface area contributed by atoms with Crippen LogP contribution in [-0.4, -0.2) is 30.6 Å². The summed E-state index contributed by atoms with van der Waals surface area (Å²) in [7, 11) is 0. The number of nitrogens with one attached hydrogen (secondary N) is 2.